The average molecular weight is 400 g/mol. The minimum absolute atomic E-state index is 0.141. The summed E-state index contributed by atoms with van der Waals surface area (Å²) in [5.74, 6) is -0.469. The maximum Gasteiger partial charge on any atom is 0.256 e. The third-order valence-corrected chi connectivity index (χ3v) is 5.63. The molecule has 28 heavy (non-hydrogen) atoms. The standard InChI is InChI=1S/C21H25N3O3S/c22-20(25)15-28-19-4-2-1-3-18(19)21(26)23-17-7-5-16(6-8-17)9-10-24-11-13-27-14-12-24/h1-8H,9-15H2,(H2,22,25)(H,23,26). The first kappa shape index (κ1) is 20.4. The molecule has 7 heteroatoms. The van der Waals surface area contributed by atoms with Crippen molar-refractivity contribution >= 4 is 29.3 Å². The Morgan fingerprint density at radius 1 is 1.07 bits per heavy atom. The Bertz CT molecular complexity index is 805. The van der Waals surface area contributed by atoms with Crippen LogP contribution in [0.25, 0.3) is 0 Å². The molecule has 2 amide bonds. The number of benzene rings is 2. The van der Waals surface area contributed by atoms with Crippen LogP contribution in [0.1, 0.15) is 15.9 Å². The average Bonchev–Trinajstić information content (AvgIpc) is 2.72. The summed E-state index contributed by atoms with van der Waals surface area (Å²) in [7, 11) is 0. The zero-order valence-corrected chi connectivity index (χ0v) is 16.5. The monoisotopic (exact) mass is 399 g/mol. The van der Waals surface area contributed by atoms with Crippen LogP contribution in [0, 0.1) is 0 Å². The molecule has 0 saturated carbocycles. The molecule has 1 aliphatic rings. The summed E-state index contributed by atoms with van der Waals surface area (Å²) in [6.07, 6.45) is 0.973. The molecule has 2 aromatic carbocycles. The minimum Gasteiger partial charge on any atom is -0.379 e. The van der Waals surface area contributed by atoms with E-state index in [1.807, 2.05) is 36.4 Å². The van der Waals surface area contributed by atoms with Gasteiger partial charge in [-0.15, -0.1) is 11.8 Å². The molecule has 148 valence electrons. The van der Waals surface area contributed by atoms with Gasteiger partial charge < -0.3 is 15.8 Å². The van der Waals surface area contributed by atoms with Crippen LogP contribution >= 0.6 is 11.8 Å². The number of hydrogen-bond acceptors (Lipinski definition) is 5. The largest absolute Gasteiger partial charge is 0.379 e. The van der Waals surface area contributed by atoms with Gasteiger partial charge in [-0.05, 0) is 36.2 Å². The zero-order valence-electron chi connectivity index (χ0n) is 15.7. The number of nitrogens with two attached hydrogens (primary N) is 1. The molecule has 1 heterocycles. The Hall–Kier alpha value is -2.35. The van der Waals surface area contributed by atoms with Crippen molar-refractivity contribution in [2.24, 2.45) is 5.73 Å². The lowest BCUT2D eigenvalue weighted by atomic mass is 10.1. The van der Waals surface area contributed by atoms with E-state index in [1.165, 1.54) is 17.3 Å². The molecule has 0 unspecified atom stereocenters. The Morgan fingerprint density at radius 2 is 1.79 bits per heavy atom. The van der Waals surface area contributed by atoms with Crippen molar-refractivity contribution in [3.8, 4) is 0 Å². The second kappa shape index (κ2) is 10.3. The first-order chi connectivity index (χ1) is 13.6. The zero-order chi connectivity index (χ0) is 19.8. The summed E-state index contributed by atoms with van der Waals surface area (Å²) < 4.78 is 5.37. The molecule has 2 aromatic rings. The van der Waals surface area contributed by atoms with Crippen LogP contribution in [0.3, 0.4) is 0 Å². The van der Waals surface area contributed by atoms with Gasteiger partial charge in [-0.3, -0.25) is 14.5 Å². The summed E-state index contributed by atoms with van der Waals surface area (Å²) in [5, 5.41) is 2.92. The fourth-order valence-electron chi connectivity index (χ4n) is 2.99. The van der Waals surface area contributed by atoms with E-state index in [2.05, 4.69) is 10.2 Å². The normalized spacial score (nSPS) is 14.6. The van der Waals surface area contributed by atoms with E-state index in [1.54, 1.807) is 12.1 Å². The lowest BCUT2D eigenvalue weighted by Crippen LogP contribution is -2.37. The van der Waals surface area contributed by atoms with Crippen molar-refractivity contribution in [1.82, 2.24) is 4.90 Å². The molecule has 3 rings (SSSR count). The van der Waals surface area contributed by atoms with Gasteiger partial charge in [0.1, 0.15) is 0 Å². The van der Waals surface area contributed by atoms with Crippen molar-refractivity contribution in [3.05, 3.63) is 59.7 Å². The van der Waals surface area contributed by atoms with Gasteiger partial charge in [0, 0.05) is 30.2 Å². The van der Waals surface area contributed by atoms with E-state index in [0.29, 0.717) is 5.56 Å². The molecular weight excluding hydrogens is 374 g/mol. The topological polar surface area (TPSA) is 84.7 Å². The Kier molecular flexibility index (Phi) is 7.47. The quantitative estimate of drug-likeness (QED) is 0.666. The first-order valence-electron chi connectivity index (χ1n) is 9.32. The van der Waals surface area contributed by atoms with Crippen molar-refractivity contribution in [3.63, 3.8) is 0 Å². The highest BCUT2D eigenvalue weighted by atomic mass is 32.2. The SMILES string of the molecule is NC(=O)CSc1ccccc1C(=O)Nc1ccc(CCN2CCOCC2)cc1. The summed E-state index contributed by atoms with van der Waals surface area (Å²) in [5.41, 5.74) is 7.72. The van der Waals surface area contributed by atoms with Crippen LogP contribution in [0.2, 0.25) is 0 Å². The van der Waals surface area contributed by atoms with E-state index in [0.717, 1.165) is 49.9 Å². The molecule has 6 nitrogen and oxygen atoms in total. The number of amides is 2. The minimum atomic E-state index is -0.409. The number of morpholine rings is 1. The van der Waals surface area contributed by atoms with Crippen LogP contribution in [-0.4, -0.2) is 55.3 Å². The third kappa shape index (κ3) is 6.09. The maximum absolute atomic E-state index is 12.6. The van der Waals surface area contributed by atoms with Gasteiger partial charge in [0.15, 0.2) is 0 Å². The second-order valence-corrected chi connectivity index (χ2v) is 7.62. The van der Waals surface area contributed by atoms with E-state index in [4.69, 9.17) is 10.5 Å². The Balaban J connectivity index is 1.56. The number of rotatable bonds is 8. The van der Waals surface area contributed by atoms with Crippen LogP contribution < -0.4 is 11.1 Å². The van der Waals surface area contributed by atoms with Crippen LogP contribution in [0.15, 0.2) is 53.4 Å². The number of nitrogens with one attached hydrogen (secondary N) is 1. The molecule has 0 aromatic heterocycles. The highest BCUT2D eigenvalue weighted by molar-refractivity contribution is 8.00. The van der Waals surface area contributed by atoms with E-state index >= 15 is 0 Å². The fourth-order valence-corrected chi connectivity index (χ4v) is 3.78. The molecule has 1 aliphatic heterocycles. The number of nitrogens with zero attached hydrogens (tertiary/aromatic N) is 1. The second-order valence-electron chi connectivity index (χ2n) is 6.61. The highest BCUT2D eigenvalue weighted by Gasteiger charge is 2.13. The molecule has 0 radical (unpaired) electrons. The third-order valence-electron chi connectivity index (χ3n) is 4.53. The van der Waals surface area contributed by atoms with Gasteiger partial charge in [-0.1, -0.05) is 24.3 Å². The fraction of sp³-hybridized carbons (Fsp3) is 0.333. The smallest absolute Gasteiger partial charge is 0.256 e. The van der Waals surface area contributed by atoms with E-state index < -0.39 is 5.91 Å². The van der Waals surface area contributed by atoms with Crippen LogP contribution in [-0.2, 0) is 16.0 Å². The number of ether oxygens (including phenoxy) is 1. The van der Waals surface area contributed by atoms with Crippen LogP contribution in [0.4, 0.5) is 5.69 Å². The van der Waals surface area contributed by atoms with Gasteiger partial charge in [0.05, 0.1) is 24.5 Å². The molecule has 3 N–H and O–H groups in total. The lowest BCUT2D eigenvalue weighted by Gasteiger charge is -2.26. The lowest BCUT2D eigenvalue weighted by molar-refractivity contribution is -0.115. The predicted molar refractivity (Wildman–Crippen MR) is 112 cm³/mol. The molecule has 1 saturated heterocycles. The summed E-state index contributed by atoms with van der Waals surface area (Å²) in [6, 6.07) is 15.1. The Morgan fingerprint density at radius 3 is 2.50 bits per heavy atom. The number of anilines is 1. The van der Waals surface area contributed by atoms with Crippen molar-refractivity contribution < 1.29 is 14.3 Å². The first-order valence-corrected chi connectivity index (χ1v) is 10.3. The molecule has 1 fully saturated rings. The molecule has 0 spiro atoms. The maximum atomic E-state index is 12.6. The predicted octanol–water partition coefficient (Wildman–Crippen LogP) is 2.39. The number of hydrogen-bond donors (Lipinski definition) is 2. The van der Waals surface area contributed by atoms with Gasteiger partial charge in [0.2, 0.25) is 5.91 Å². The number of thioether (sulfide) groups is 1. The molecular formula is C21H25N3O3S. The summed E-state index contributed by atoms with van der Waals surface area (Å²) in [4.78, 5) is 26.8. The van der Waals surface area contributed by atoms with Crippen molar-refractivity contribution in [1.29, 1.82) is 0 Å². The van der Waals surface area contributed by atoms with Gasteiger partial charge in [0.25, 0.3) is 5.91 Å². The number of carbonyl (C=O) groups is 2. The number of carbonyl (C=O) groups excluding carboxylic acids is 2. The van der Waals surface area contributed by atoms with E-state index in [9.17, 15) is 9.59 Å². The van der Waals surface area contributed by atoms with Gasteiger partial charge >= 0.3 is 0 Å². The van der Waals surface area contributed by atoms with Crippen LogP contribution in [0.5, 0.6) is 0 Å². The van der Waals surface area contributed by atoms with Gasteiger partial charge in [-0.2, -0.15) is 0 Å². The number of primary amides is 1. The van der Waals surface area contributed by atoms with Crippen molar-refractivity contribution in [2.75, 3.05) is 43.9 Å². The van der Waals surface area contributed by atoms with Crippen molar-refractivity contribution in [2.45, 2.75) is 11.3 Å². The van der Waals surface area contributed by atoms with Gasteiger partial charge in [-0.25, -0.2) is 0 Å². The van der Waals surface area contributed by atoms with E-state index in [-0.39, 0.29) is 11.7 Å². The Labute approximate surface area is 169 Å². The summed E-state index contributed by atoms with van der Waals surface area (Å²) in [6.45, 7) is 4.61. The molecule has 0 atom stereocenters. The summed E-state index contributed by atoms with van der Waals surface area (Å²) >= 11 is 1.27. The highest BCUT2D eigenvalue weighted by Crippen LogP contribution is 2.23. The molecule has 0 aliphatic carbocycles. The molecule has 0 bridgehead atoms.